The Morgan fingerprint density at radius 1 is 1.68 bits per heavy atom. The summed E-state index contributed by atoms with van der Waals surface area (Å²) in [4.78, 5) is 27.3. The second-order valence-electron chi connectivity index (χ2n) is 4.12. The average molecular weight is 351 g/mol. The highest BCUT2D eigenvalue weighted by Gasteiger charge is 2.35. The normalized spacial score (nSPS) is 19.0. The molecule has 1 saturated heterocycles. The number of halogens is 2. The highest BCUT2D eigenvalue weighted by molar-refractivity contribution is 9.10. The zero-order chi connectivity index (χ0) is 14.2. The second-order valence-corrected chi connectivity index (χ2v) is 5.33. The zero-order valence-electron chi connectivity index (χ0n) is 9.55. The summed E-state index contributed by atoms with van der Waals surface area (Å²) in [5.74, 6) is -0.636. The van der Waals surface area contributed by atoms with Gasteiger partial charge in [-0.1, -0.05) is 11.6 Å². The van der Waals surface area contributed by atoms with Crippen LogP contribution in [0.2, 0.25) is 5.15 Å². The molecule has 0 bridgehead atoms. The van der Waals surface area contributed by atoms with E-state index < -0.39 is 4.92 Å². The first-order valence-corrected chi connectivity index (χ1v) is 6.52. The minimum Gasteiger partial charge on any atom is -0.396 e. The molecular formula is C10H9BrClN3O4. The predicted molar refractivity (Wildman–Crippen MR) is 71.1 cm³/mol. The Kier molecular flexibility index (Phi) is 4.02. The second kappa shape index (κ2) is 5.40. The van der Waals surface area contributed by atoms with Gasteiger partial charge >= 0.3 is 5.69 Å². The Morgan fingerprint density at radius 3 is 2.89 bits per heavy atom. The number of pyridine rings is 1. The fourth-order valence-corrected chi connectivity index (χ4v) is 2.33. The van der Waals surface area contributed by atoms with Crippen LogP contribution >= 0.6 is 27.5 Å². The number of rotatable bonds is 3. The Bertz CT molecular complexity index is 554. The minimum atomic E-state index is -0.622. The fraction of sp³-hybridized carbons (Fsp3) is 0.400. The van der Waals surface area contributed by atoms with Crippen molar-refractivity contribution < 1.29 is 14.8 Å². The van der Waals surface area contributed by atoms with Gasteiger partial charge in [-0.3, -0.25) is 19.8 Å². The van der Waals surface area contributed by atoms with Crippen molar-refractivity contribution in [2.24, 2.45) is 5.92 Å². The van der Waals surface area contributed by atoms with Gasteiger partial charge in [0.05, 0.1) is 9.40 Å². The van der Waals surface area contributed by atoms with Crippen molar-refractivity contribution >= 4 is 44.9 Å². The molecule has 1 amide bonds. The summed E-state index contributed by atoms with van der Waals surface area (Å²) in [5.41, 5.74) is -0.303. The van der Waals surface area contributed by atoms with Gasteiger partial charge in [0.15, 0.2) is 0 Å². The maximum atomic E-state index is 11.8. The van der Waals surface area contributed by atoms with Gasteiger partial charge in [-0.25, -0.2) is 4.98 Å². The van der Waals surface area contributed by atoms with E-state index in [0.29, 0.717) is 0 Å². The van der Waals surface area contributed by atoms with Crippen LogP contribution in [0.1, 0.15) is 6.42 Å². The number of hydrogen-bond donors (Lipinski definition) is 1. The number of hydrogen-bond acceptors (Lipinski definition) is 5. The van der Waals surface area contributed by atoms with E-state index in [-0.39, 0.29) is 52.5 Å². The SMILES string of the molecule is O=C1CC(CO)CN1c1nc(Cl)c(Br)cc1[N+](=O)[O-]. The molecule has 9 heteroatoms. The van der Waals surface area contributed by atoms with Crippen molar-refractivity contribution in [3.63, 3.8) is 0 Å². The van der Waals surface area contributed by atoms with Gasteiger partial charge in [0.25, 0.3) is 0 Å². The maximum absolute atomic E-state index is 11.8. The van der Waals surface area contributed by atoms with Crippen LogP contribution in [0.5, 0.6) is 0 Å². The van der Waals surface area contributed by atoms with E-state index >= 15 is 0 Å². The molecule has 1 unspecified atom stereocenters. The monoisotopic (exact) mass is 349 g/mol. The van der Waals surface area contributed by atoms with Crippen molar-refractivity contribution in [2.75, 3.05) is 18.1 Å². The third-order valence-electron chi connectivity index (χ3n) is 2.81. The number of nitro groups is 1. The molecule has 2 rings (SSSR count). The van der Waals surface area contributed by atoms with E-state index in [0.717, 1.165) is 0 Å². The summed E-state index contributed by atoms with van der Waals surface area (Å²) in [5, 5.41) is 20.1. The van der Waals surface area contributed by atoms with Gasteiger partial charge in [0.2, 0.25) is 11.7 Å². The van der Waals surface area contributed by atoms with Gasteiger partial charge < -0.3 is 5.11 Å². The third kappa shape index (κ3) is 2.70. The smallest absolute Gasteiger partial charge is 0.313 e. The quantitative estimate of drug-likeness (QED) is 0.509. The Hall–Kier alpha value is -1.25. The van der Waals surface area contributed by atoms with Crippen LogP contribution in [0, 0.1) is 16.0 Å². The summed E-state index contributed by atoms with van der Waals surface area (Å²) in [6.45, 7) is 0.0431. The number of aliphatic hydroxyl groups is 1. The number of carbonyl (C=O) groups is 1. The van der Waals surface area contributed by atoms with Crippen LogP contribution in [-0.4, -0.2) is 34.1 Å². The van der Waals surface area contributed by atoms with Crippen molar-refractivity contribution in [1.29, 1.82) is 0 Å². The number of carbonyl (C=O) groups excluding carboxylic acids is 1. The first-order valence-electron chi connectivity index (χ1n) is 5.35. The zero-order valence-corrected chi connectivity index (χ0v) is 11.9. The number of amides is 1. The number of anilines is 1. The Balaban J connectivity index is 2.47. The molecule has 1 fully saturated rings. The largest absolute Gasteiger partial charge is 0.396 e. The molecule has 7 nitrogen and oxygen atoms in total. The average Bonchev–Trinajstić information content (AvgIpc) is 2.73. The van der Waals surface area contributed by atoms with Crippen LogP contribution in [0.4, 0.5) is 11.5 Å². The van der Waals surface area contributed by atoms with Gasteiger partial charge in [0, 0.05) is 31.6 Å². The number of aliphatic hydroxyl groups excluding tert-OH is 1. The molecule has 1 aliphatic heterocycles. The third-order valence-corrected chi connectivity index (χ3v) is 3.93. The molecule has 0 radical (unpaired) electrons. The maximum Gasteiger partial charge on any atom is 0.313 e. The molecule has 0 saturated carbocycles. The minimum absolute atomic E-state index is 0.0425. The Labute approximate surface area is 121 Å². The van der Waals surface area contributed by atoms with E-state index in [1.54, 1.807) is 0 Å². The predicted octanol–water partition coefficient (Wildman–Crippen LogP) is 1.75. The van der Waals surface area contributed by atoms with Gasteiger partial charge in [0.1, 0.15) is 5.15 Å². The molecule has 1 aromatic heterocycles. The summed E-state index contributed by atoms with van der Waals surface area (Å²) in [6, 6.07) is 1.21. The highest BCUT2D eigenvalue weighted by atomic mass is 79.9. The van der Waals surface area contributed by atoms with Crippen molar-refractivity contribution in [2.45, 2.75) is 6.42 Å². The lowest BCUT2D eigenvalue weighted by molar-refractivity contribution is -0.384. The van der Waals surface area contributed by atoms with Crippen molar-refractivity contribution in [3.05, 3.63) is 25.8 Å². The summed E-state index contributed by atoms with van der Waals surface area (Å²) < 4.78 is 0.287. The van der Waals surface area contributed by atoms with Crippen molar-refractivity contribution in [3.8, 4) is 0 Å². The molecular weight excluding hydrogens is 341 g/mol. The van der Waals surface area contributed by atoms with Crippen LogP contribution in [-0.2, 0) is 4.79 Å². The Morgan fingerprint density at radius 2 is 2.37 bits per heavy atom. The van der Waals surface area contributed by atoms with Crippen LogP contribution in [0.25, 0.3) is 0 Å². The molecule has 1 atom stereocenters. The lowest BCUT2D eigenvalue weighted by Crippen LogP contribution is -2.27. The topological polar surface area (TPSA) is 96.6 Å². The van der Waals surface area contributed by atoms with E-state index in [1.807, 2.05) is 0 Å². The number of nitrogens with zero attached hydrogens (tertiary/aromatic N) is 3. The lowest BCUT2D eigenvalue weighted by atomic mass is 10.1. The molecule has 0 aliphatic carbocycles. The molecule has 0 aromatic carbocycles. The number of aromatic nitrogens is 1. The van der Waals surface area contributed by atoms with Crippen molar-refractivity contribution in [1.82, 2.24) is 4.98 Å². The van der Waals surface area contributed by atoms with E-state index in [2.05, 4.69) is 20.9 Å². The molecule has 2 heterocycles. The van der Waals surface area contributed by atoms with Gasteiger partial charge in [-0.2, -0.15) is 0 Å². The lowest BCUT2D eigenvalue weighted by Gasteiger charge is -2.15. The summed E-state index contributed by atoms with van der Waals surface area (Å²) in [7, 11) is 0. The first kappa shape index (κ1) is 14.2. The van der Waals surface area contributed by atoms with E-state index in [4.69, 9.17) is 16.7 Å². The van der Waals surface area contributed by atoms with Crippen LogP contribution in [0.3, 0.4) is 0 Å². The van der Waals surface area contributed by atoms with E-state index in [1.165, 1.54) is 11.0 Å². The molecule has 0 spiro atoms. The van der Waals surface area contributed by atoms with Gasteiger partial charge in [-0.05, 0) is 15.9 Å². The van der Waals surface area contributed by atoms with Crippen LogP contribution < -0.4 is 4.90 Å². The standard InChI is InChI=1S/C10H9BrClN3O4/c11-6-2-7(15(18)19)10(13-9(6)12)14-3-5(4-16)1-8(14)17/h2,5,16H,1,3-4H2. The first-order chi connectivity index (χ1) is 8.93. The molecule has 102 valence electrons. The molecule has 1 aliphatic rings. The van der Waals surface area contributed by atoms with E-state index in [9.17, 15) is 14.9 Å². The highest BCUT2D eigenvalue weighted by Crippen LogP contribution is 2.35. The van der Waals surface area contributed by atoms with Crippen LogP contribution in [0.15, 0.2) is 10.5 Å². The molecule has 1 N–H and O–H groups in total. The summed E-state index contributed by atoms with van der Waals surface area (Å²) in [6.07, 6.45) is 0.142. The molecule has 1 aromatic rings. The fourth-order valence-electron chi connectivity index (χ4n) is 1.89. The molecule has 19 heavy (non-hydrogen) atoms. The van der Waals surface area contributed by atoms with Gasteiger partial charge in [-0.15, -0.1) is 0 Å². The summed E-state index contributed by atoms with van der Waals surface area (Å²) >= 11 is 8.87.